The van der Waals surface area contributed by atoms with Crippen LogP contribution in [0.25, 0.3) is 0 Å². The molecule has 1 rings (SSSR count). The van der Waals surface area contributed by atoms with Crippen molar-refractivity contribution in [2.45, 2.75) is 67.7 Å². The van der Waals surface area contributed by atoms with Gasteiger partial charge >= 0.3 is 11.9 Å². The Hall–Kier alpha value is -2.17. The minimum absolute atomic E-state index is 0.0239. The minimum Gasteiger partial charge on any atom is -0.422 e. The second-order valence-electron chi connectivity index (χ2n) is 8.83. The zero-order chi connectivity index (χ0) is 20.1. The van der Waals surface area contributed by atoms with Gasteiger partial charge in [0.25, 0.3) is 0 Å². The molecule has 5 nitrogen and oxygen atoms in total. The maximum absolute atomic E-state index is 12.3. The summed E-state index contributed by atoms with van der Waals surface area (Å²) in [7, 11) is 0. The molecule has 0 saturated heterocycles. The Morgan fingerprint density at radius 1 is 0.846 bits per heavy atom. The average molecular weight is 362 g/mol. The molecule has 0 N–H and O–H groups in total. The van der Waals surface area contributed by atoms with Crippen LogP contribution in [-0.2, 0) is 9.59 Å². The zero-order valence-electron chi connectivity index (χ0n) is 16.9. The highest BCUT2D eigenvalue weighted by molar-refractivity contribution is 6.00. The van der Waals surface area contributed by atoms with Gasteiger partial charge in [-0.05, 0) is 23.0 Å². The van der Waals surface area contributed by atoms with Crippen molar-refractivity contribution in [1.29, 1.82) is 0 Å². The van der Waals surface area contributed by atoms with E-state index in [0.717, 1.165) is 0 Å². The number of benzene rings is 1. The fourth-order valence-electron chi connectivity index (χ4n) is 2.29. The van der Waals surface area contributed by atoms with E-state index in [1.165, 1.54) is 6.07 Å². The van der Waals surface area contributed by atoms with Gasteiger partial charge in [-0.25, -0.2) is 0 Å². The Bertz CT molecular complexity index is 675. The smallest absolute Gasteiger partial charge is 0.311 e. The van der Waals surface area contributed by atoms with E-state index in [4.69, 9.17) is 9.47 Å². The van der Waals surface area contributed by atoms with Crippen LogP contribution in [0.3, 0.4) is 0 Å². The molecular formula is C21H30O5. The predicted molar refractivity (Wildman–Crippen MR) is 100 cm³/mol. The summed E-state index contributed by atoms with van der Waals surface area (Å²) in [4.78, 5) is 36.7. The van der Waals surface area contributed by atoms with Gasteiger partial charge in [0.1, 0.15) is 0 Å². The van der Waals surface area contributed by atoms with Crippen LogP contribution in [0, 0.1) is 10.8 Å². The molecule has 0 aromatic heterocycles. The van der Waals surface area contributed by atoms with E-state index in [0.29, 0.717) is 0 Å². The fraction of sp³-hybridized carbons (Fsp3) is 0.571. The maximum atomic E-state index is 12.3. The van der Waals surface area contributed by atoms with Gasteiger partial charge in [-0.1, -0.05) is 54.5 Å². The molecule has 0 aliphatic carbocycles. The van der Waals surface area contributed by atoms with Crippen molar-refractivity contribution >= 4 is 17.7 Å². The Morgan fingerprint density at radius 2 is 1.35 bits per heavy atom. The first-order chi connectivity index (χ1) is 11.8. The quantitative estimate of drug-likeness (QED) is 0.406. The summed E-state index contributed by atoms with van der Waals surface area (Å²) in [6, 6.07) is 4.73. The Morgan fingerprint density at radius 3 is 1.81 bits per heavy atom. The van der Waals surface area contributed by atoms with Crippen LogP contribution >= 0.6 is 0 Å². The van der Waals surface area contributed by atoms with Gasteiger partial charge in [-0.2, -0.15) is 0 Å². The van der Waals surface area contributed by atoms with E-state index < -0.39 is 11.9 Å². The van der Waals surface area contributed by atoms with Crippen LogP contribution in [0.5, 0.6) is 11.5 Å². The zero-order valence-corrected chi connectivity index (χ0v) is 16.9. The summed E-state index contributed by atoms with van der Waals surface area (Å²) in [6.45, 7) is 13.3. The monoisotopic (exact) mass is 362 g/mol. The van der Waals surface area contributed by atoms with Gasteiger partial charge in [0.05, 0.1) is 18.4 Å². The third-order valence-electron chi connectivity index (χ3n) is 3.39. The second-order valence-corrected chi connectivity index (χ2v) is 8.83. The van der Waals surface area contributed by atoms with Gasteiger partial charge in [0, 0.05) is 6.42 Å². The van der Waals surface area contributed by atoms with Crippen LogP contribution in [0.2, 0.25) is 0 Å². The lowest BCUT2D eigenvalue weighted by atomic mass is 9.92. The molecule has 5 heteroatoms. The predicted octanol–water partition coefficient (Wildman–Crippen LogP) is 4.96. The fourth-order valence-corrected chi connectivity index (χ4v) is 2.29. The van der Waals surface area contributed by atoms with Crippen molar-refractivity contribution in [3.63, 3.8) is 0 Å². The highest BCUT2D eigenvalue weighted by Gasteiger charge is 2.25. The molecule has 0 amide bonds. The molecule has 0 saturated carbocycles. The van der Waals surface area contributed by atoms with Crippen molar-refractivity contribution in [2.24, 2.45) is 10.8 Å². The summed E-state index contributed by atoms with van der Waals surface area (Å²) >= 11 is 0. The van der Waals surface area contributed by atoms with Crippen LogP contribution < -0.4 is 9.47 Å². The first-order valence-electron chi connectivity index (χ1n) is 8.90. The maximum Gasteiger partial charge on any atom is 0.311 e. The summed E-state index contributed by atoms with van der Waals surface area (Å²) in [5, 5.41) is 0. The first-order valence-corrected chi connectivity index (χ1v) is 8.90. The largest absolute Gasteiger partial charge is 0.422 e. The molecule has 1 aromatic rings. The van der Waals surface area contributed by atoms with E-state index in [-0.39, 0.29) is 52.9 Å². The number of para-hydroxylation sites is 1. The molecular weight excluding hydrogens is 332 g/mol. The Kier molecular flexibility index (Phi) is 7.13. The van der Waals surface area contributed by atoms with Crippen molar-refractivity contribution < 1.29 is 23.9 Å². The van der Waals surface area contributed by atoms with E-state index in [9.17, 15) is 14.4 Å². The third-order valence-corrected chi connectivity index (χ3v) is 3.39. The number of carbonyl (C=O) groups excluding carboxylic acids is 3. The van der Waals surface area contributed by atoms with Gasteiger partial charge in [0.2, 0.25) is 0 Å². The molecule has 0 heterocycles. The lowest BCUT2D eigenvalue weighted by Crippen LogP contribution is -2.21. The molecule has 0 aliphatic heterocycles. The molecule has 0 aliphatic rings. The molecule has 0 fully saturated rings. The minimum atomic E-state index is -0.470. The summed E-state index contributed by atoms with van der Waals surface area (Å²) in [5.74, 6) is -0.970. The van der Waals surface area contributed by atoms with Gasteiger partial charge in [-0.15, -0.1) is 0 Å². The van der Waals surface area contributed by atoms with Gasteiger partial charge < -0.3 is 9.47 Å². The normalized spacial score (nSPS) is 11.8. The molecule has 1 aromatic carbocycles. The molecule has 0 spiro atoms. The number of ketones is 1. The van der Waals surface area contributed by atoms with Crippen molar-refractivity contribution in [2.75, 3.05) is 0 Å². The van der Waals surface area contributed by atoms with E-state index >= 15 is 0 Å². The second kappa shape index (κ2) is 8.47. The van der Waals surface area contributed by atoms with E-state index in [2.05, 4.69) is 0 Å². The number of esters is 2. The highest BCUT2D eigenvalue weighted by atomic mass is 16.6. The van der Waals surface area contributed by atoms with Crippen LogP contribution in [0.4, 0.5) is 0 Å². The van der Waals surface area contributed by atoms with E-state index in [1.807, 2.05) is 41.5 Å². The number of Topliss-reactive ketones (excluding diaryl/α,β-unsaturated/α-hetero) is 1. The first kappa shape index (κ1) is 21.9. The van der Waals surface area contributed by atoms with Crippen LogP contribution in [0.1, 0.15) is 78.1 Å². The molecule has 0 atom stereocenters. The molecule has 26 heavy (non-hydrogen) atoms. The van der Waals surface area contributed by atoms with Crippen molar-refractivity contribution in [3.05, 3.63) is 23.8 Å². The molecule has 0 unspecified atom stereocenters. The third kappa shape index (κ3) is 7.38. The average Bonchev–Trinajstić information content (AvgIpc) is 2.44. The standard InChI is InChI=1S/C21H30O5/c1-8-15(22)14-10-9-11-16(25-17(23)12-20(2,3)4)19(14)26-18(24)13-21(5,6)7/h9-11H,8,12-13H2,1-7H3. The lowest BCUT2D eigenvalue weighted by Gasteiger charge is -2.20. The number of hydrogen-bond acceptors (Lipinski definition) is 5. The summed E-state index contributed by atoms with van der Waals surface area (Å²) in [6.07, 6.45) is 0.634. The molecule has 0 bridgehead atoms. The summed E-state index contributed by atoms with van der Waals surface area (Å²) < 4.78 is 10.9. The van der Waals surface area contributed by atoms with Crippen LogP contribution in [-0.4, -0.2) is 17.7 Å². The van der Waals surface area contributed by atoms with Crippen LogP contribution in [0.15, 0.2) is 18.2 Å². The number of rotatable bonds is 6. The Balaban J connectivity index is 3.19. The highest BCUT2D eigenvalue weighted by Crippen LogP contribution is 2.34. The topological polar surface area (TPSA) is 69.7 Å². The van der Waals surface area contributed by atoms with Crippen molar-refractivity contribution in [1.82, 2.24) is 0 Å². The molecule has 0 radical (unpaired) electrons. The van der Waals surface area contributed by atoms with Crippen molar-refractivity contribution in [3.8, 4) is 11.5 Å². The SMILES string of the molecule is CCC(=O)c1cccc(OC(=O)CC(C)(C)C)c1OC(=O)CC(C)(C)C. The van der Waals surface area contributed by atoms with E-state index in [1.54, 1.807) is 19.1 Å². The molecule has 144 valence electrons. The van der Waals surface area contributed by atoms with Gasteiger partial charge in [0.15, 0.2) is 17.3 Å². The number of hydrogen-bond donors (Lipinski definition) is 0. The summed E-state index contributed by atoms with van der Waals surface area (Å²) in [5.41, 5.74) is -0.253. The number of carbonyl (C=O) groups is 3. The number of ether oxygens (including phenoxy) is 2. The Labute approximate surface area is 156 Å². The van der Waals surface area contributed by atoms with Gasteiger partial charge in [-0.3, -0.25) is 14.4 Å². The lowest BCUT2D eigenvalue weighted by molar-refractivity contribution is -0.139.